The third kappa shape index (κ3) is 2.39. The summed E-state index contributed by atoms with van der Waals surface area (Å²) in [4.78, 5) is 5.50. The molecule has 2 heterocycles. The van der Waals surface area contributed by atoms with Crippen molar-refractivity contribution >= 4 is 28.4 Å². The van der Waals surface area contributed by atoms with Crippen molar-refractivity contribution in [3.63, 3.8) is 0 Å². The van der Waals surface area contributed by atoms with Crippen molar-refractivity contribution in [1.82, 2.24) is 15.2 Å². The average Bonchev–Trinajstić information content (AvgIpc) is 2.76. The minimum absolute atomic E-state index is 0.520. The van der Waals surface area contributed by atoms with Crippen molar-refractivity contribution in [2.75, 3.05) is 5.73 Å². The number of hydrogen-bond acceptors (Lipinski definition) is 6. The maximum absolute atomic E-state index is 5.84. The molecule has 2 aromatic heterocycles. The normalized spacial score (nSPS) is 11.1. The molecule has 5 nitrogen and oxygen atoms in total. The smallest absolute Gasteiger partial charge is 0.281 e. The molecule has 3 rings (SSSR count). The predicted octanol–water partition coefficient (Wildman–Crippen LogP) is 2.97. The van der Waals surface area contributed by atoms with E-state index in [-0.39, 0.29) is 0 Å². The summed E-state index contributed by atoms with van der Waals surface area (Å²) in [6, 6.07) is 7.67. The molecule has 0 spiro atoms. The highest BCUT2D eigenvalue weighted by molar-refractivity contribution is 7.99. The van der Waals surface area contributed by atoms with Gasteiger partial charge in [0, 0.05) is 28.6 Å². The van der Waals surface area contributed by atoms with Crippen LogP contribution in [0.5, 0.6) is 0 Å². The summed E-state index contributed by atoms with van der Waals surface area (Å²) in [6.45, 7) is 3.73. The Hall–Kier alpha value is -2.08. The second-order valence-electron chi connectivity index (χ2n) is 4.23. The molecule has 0 aliphatic heterocycles. The Morgan fingerprint density at radius 3 is 2.74 bits per heavy atom. The molecule has 0 aliphatic rings. The Kier molecular flexibility index (Phi) is 2.87. The molecule has 0 radical (unpaired) electrons. The minimum Gasteiger partial charge on any atom is -0.416 e. The lowest BCUT2D eigenvalue weighted by Crippen LogP contribution is -1.90. The van der Waals surface area contributed by atoms with E-state index in [4.69, 9.17) is 10.2 Å². The summed E-state index contributed by atoms with van der Waals surface area (Å²) in [6.07, 6.45) is 0. The molecule has 6 heteroatoms. The first-order chi connectivity index (χ1) is 9.11. The lowest BCUT2D eigenvalue weighted by molar-refractivity contribution is 0.429. The van der Waals surface area contributed by atoms with Crippen molar-refractivity contribution in [3.8, 4) is 0 Å². The van der Waals surface area contributed by atoms with Crippen LogP contribution >= 0.6 is 11.8 Å². The molecule has 0 bridgehead atoms. The number of aromatic nitrogens is 3. The van der Waals surface area contributed by atoms with Crippen LogP contribution in [0.25, 0.3) is 10.9 Å². The van der Waals surface area contributed by atoms with E-state index < -0.39 is 0 Å². The van der Waals surface area contributed by atoms with Gasteiger partial charge < -0.3 is 10.2 Å². The van der Waals surface area contributed by atoms with E-state index >= 15 is 0 Å². The van der Waals surface area contributed by atoms with Gasteiger partial charge in [-0.15, -0.1) is 10.2 Å². The molecular formula is C13H12N4OS. The summed E-state index contributed by atoms with van der Waals surface area (Å²) in [5, 5.41) is 9.33. The molecule has 19 heavy (non-hydrogen) atoms. The fraction of sp³-hybridized carbons (Fsp3) is 0.154. The standard InChI is InChI=1S/C13H12N4OS/c1-7-5-12(19-13-17-16-8(2)18-13)10-6-9(14)3-4-11(10)15-7/h3-6H,14H2,1-2H3. The van der Waals surface area contributed by atoms with Crippen molar-refractivity contribution in [2.24, 2.45) is 0 Å². The number of nitrogen functional groups attached to an aromatic ring is 1. The fourth-order valence-electron chi connectivity index (χ4n) is 1.84. The average molecular weight is 272 g/mol. The number of benzene rings is 1. The van der Waals surface area contributed by atoms with Crippen LogP contribution in [0, 0.1) is 13.8 Å². The van der Waals surface area contributed by atoms with E-state index in [1.807, 2.05) is 31.2 Å². The summed E-state index contributed by atoms with van der Waals surface area (Å²) < 4.78 is 5.40. The number of anilines is 1. The molecule has 0 aliphatic carbocycles. The Bertz CT molecular complexity index is 753. The van der Waals surface area contributed by atoms with Gasteiger partial charge in [0.15, 0.2) is 0 Å². The molecule has 0 atom stereocenters. The monoisotopic (exact) mass is 272 g/mol. The predicted molar refractivity (Wildman–Crippen MR) is 74.1 cm³/mol. The summed E-state index contributed by atoms with van der Waals surface area (Å²) >= 11 is 1.42. The Labute approximate surface area is 114 Å². The van der Waals surface area contributed by atoms with Gasteiger partial charge in [0.05, 0.1) is 5.52 Å². The maximum Gasteiger partial charge on any atom is 0.281 e. The number of rotatable bonds is 2. The van der Waals surface area contributed by atoms with E-state index in [9.17, 15) is 0 Å². The molecule has 2 N–H and O–H groups in total. The lowest BCUT2D eigenvalue weighted by Gasteiger charge is -2.06. The fourth-order valence-corrected chi connectivity index (χ4v) is 2.77. The molecule has 0 unspecified atom stereocenters. The second kappa shape index (κ2) is 4.55. The number of pyridine rings is 1. The first-order valence-electron chi connectivity index (χ1n) is 5.76. The zero-order valence-corrected chi connectivity index (χ0v) is 11.4. The van der Waals surface area contributed by atoms with E-state index in [2.05, 4.69) is 15.2 Å². The molecule has 1 aromatic carbocycles. The van der Waals surface area contributed by atoms with Crippen LogP contribution in [0.15, 0.2) is 38.8 Å². The zero-order valence-electron chi connectivity index (χ0n) is 10.5. The van der Waals surface area contributed by atoms with Crippen LogP contribution in [0.3, 0.4) is 0 Å². The van der Waals surface area contributed by atoms with Crippen LogP contribution in [-0.2, 0) is 0 Å². The van der Waals surface area contributed by atoms with Crippen LogP contribution in [0.1, 0.15) is 11.6 Å². The molecule has 96 valence electrons. The lowest BCUT2D eigenvalue weighted by atomic mass is 10.2. The van der Waals surface area contributed by atoms with E-state index in [1.165, 1.54) is 11.8 Å². The summed E-state index contributed by atoms with van der Waals surface area (Å²) in [7, 11) is 0. The molecular weight excluding hydrogens is 260 g/mol. The van der Waals surface area contributed by atoms with Gasteiger partial charge in [-0.3, -0.25) is 4.98 Å². The maximum atomic E-state index is 5.84. The van der Waals surface area contributed by atoms with Crippen LogP contribution < -0.4 is 5.73 Å². The molecule has 0 saturated carbocycles. The van der Waals surface area contributed by atoms with Gasteiger partial charge in [0.25, 0.3) is 5.22 Å². The van der Waals surface area contributed by atoms with Gasteiger partial charge in [-0.05, 0) is 43.0 Å². The van der Waals surface area contributed by atoms with Gasteiger partial charge in [0.2, 0.25) is 5.89 Å². The SMILES string of the molecule is Cc1cc(Sc2nnc(C)o2)c2cc(N)ccc2n1. The largest absolute Gasteiger partial charge is 0.416 e. The number of aryl methyl sites for hydroxylation is 2. The quantitative estimate of drug-likeness (QED) is 0.723. The minimum atomic E-state index is 0.520. The van der Waals surface area contributed by atoms with Gasteiger partial charge in [-0.25, -0.2) is 0 Å². The molecule has 3 aromatic rings. The number of nitrogens with two attached hydrogens (primary N) is 1. The third-order valence-electron chi connectivity index (χ3n) is 2.63. The molecule has 0 fully saturated rings. The number of nitrogens with zero attached hydrogens (tertiary/aromatic N) is 3. The summed E-state index contributed by atoms with van der Waals surface area (Å²) in [5.41, 5.74) is 8.40. The number of hydrogen-bond donors (Lipinski definition) is 1. The van der Waals surface area contributed by atoms with Crippen LogP contribution in [-0.4, -0.2) is 15.2 Å². The van der Waals surface area contributed by atoms with Gasteiger partial charge >= 0.3 is 0 Å². The Balaban J connectivity index is 2.13. The second-order valence-corrected chi connectivity index (χ2v) is 5.22. The summed E-state index contributed by atoms with van der Waals surface area (Å²) in [5.74, 6) is 0.553. The van der Waals surface area contributed by atoms with Gasteiger partial charge in [-0.1, -0.05) is 0 Å². The Morgan fingerprint density at radius 2 is 2.00 bits per heavy atom. The first-order valence-corrected chi connectivity index (χ1v) is 6.58. The van der Waals surface area contributed by atoms with Crippen LogP contribution in [0.2, 0.25) is 0 Å². The van der Waals surface area contributed by atoms with Crippen LogP contribution in [0.4, 0.5) is 5.69 Å². The van der Waals surface area contributed by atoms with Gasteiger partial charge in [-0.2, -0.15) is 0 Å². The molecule has 0 amide bonds. The topological polar surface area (TPSA) is 77.8 Å². The Morgan fingerprint density at radius 1 is 1.16 bits per heavy atom. The highest BCUT2D eigenvalue weighted by Gasteiger charge is 2.10. The third-order valence-corrected chi connectivity index (χ3v) is 3.52. The molecule has 0 saturated heterocycles. The van der Waals surface area contributed by atoms with E-state index in [1.54, 1.807) is 6.92 Å². The highest BCUT2D eigenvalue weighted by atomic mass is 32.2. The van der Waals surface area contributed by atoms with Crippen molar-refractivity contribution in [2.45, 2.75) is 24.0 Å². The van der Waals surface area contributed by atoms with E-state index in [0.717, 1.165) is 21.5 Å². The van der Waals surface area contributed by atoms with Gasteiger partial charge in [0.1, 0.15) is 0 Å². The zero-order chi connectivity index (χ0) is 13.4. The first kappa shape index (κ1) is 12.0. The van der Waals surface area contributed by atoms with Crippen molar-refractivity contribution < 1.29 is 4.42 Å². The van der Waals surface area contributed by atoms with E-state index in [0.29, 0.717) is 16.8 Å². The van der Waals surface area contributed by atoms with Crippen molar-refractivity contribution in [3.05, 3.63) is 35.9 Å². The highest BCUT2D eigenvalue weighted by Crippen LogP contribution is 2.33. The number of fused-ring (bicyclic) bond motifs is 1. The van der Waals surface area contributed by atoms with Crippen molar-refractivity contribution in [1.29, 1.82) is 0 Å².